The molecule has 0 bridgehead atoms. The smallest absolute Gasteiger partial charge is 0.387 e. The van der Waals surface area contributed by atoms with Crippen molar-refractivity contribution in [2.24, 2.45) is 5.73 Å². The first-order valence-electron chi connectivity index (χ1n) is 16.0. The predicted molar refractivity (Wildman–Crippen MR) is 166 cm³/mol. The Morgan fingerprint density at radius 2 is 1.35 bits per heavy atom. The van der Waals surface area contributed by atoms with Crippen LogP contribution in [0.4, 0.5) is 0 Å². The summed E-state index contributed by atoms with van der Waals surface area (Å²) in [5.41, 5.74) is 5.32. The van der Waals surface area contributed by atoms with E-state index in [2.05, 4.69) is 31.3 Å². The molecule has 0 spiro atoms. The number of nitrogens with one attached hydrogen (secondary N) is 1. The van der Waals surface area contributed by atoms with E-state index in [-0.39, 0.29) is 25.7 Å². The number of aliphatic hydroxyl groups is 1. The highest BCUT2D eigenvalue weighted by atomic mass is 31.2. The van der Waals surface area contributed by atoms with E-state index in [1.165, 1.54) is 51.4 Å². The van der Waals surface area contributed by atoms with Crippen LogP contribution in [-0.4, -0.2) is 47.8 Å². The van der Waals surface area contributed by atoms with E-state index in [0.717, 1.165) is 64.2 Å². The number of hydrogen-bond acceptors (Lipinski definition) is 6. The van der Waals surface area contributed by atoms with Crippen LogP contribution in [0.3, 0.4) is 0 Å². The number of amides is 1. The van der Waals surface area contributed by atoms with Gasteiger partial charge in [0.05, 0.1) is 25.4 Å². The lowest BCUT2D eigenvalue weighted by atomic mass is 10.1. The Morgan fingerprint density at radius 3 is 1.95 bits per heavy atom. The van der Waals surface area contributed by atoms with Gasteiger partial charge in [0, 0.05) is 13.0 Å². The summed E-state index contributed by atoms with van der Waals surface area (Å²) in [6.45, 7) is 4.01. The molecule has 3 atom stereocenters. The molecular formula is C31H61N2O6P. The predicted octanol–water partition coefficient (Wildman–Crippen LogP) is 7.49. The van der Waals surface area contributed by atoms with Gasteiger partial charge in [0.25, 0.3) is 0 Å². The molecule has 9 heteroatoms. The van der Waals surface area contributed by atoms with Crippen LogP contribution in [0.15, 0.2) is 24.3 Å². The monoisotopic (exact) mass is 588 g/mol. The molecule has 0 radical (unpaired) electrons. The summed E-state index contributed by atoms with van der Waals surface area (Å²) in [4.78, 5) is 22.4. The Morgan fingerprint density at radius 1 is 0.800 bits per heavy atom. The van der Waals surface area contributed by atoms with E-state index in [9.17, 15) is 19.4 Å². The van der Waals surface area contributed by atoms with Crippen molar-refractivity contribution >= 4 is 13.7 Å². The Balaban J connectivity index is 4.47. The molecule has 40 heavy (non-hydrogen) atoms. The van der Waals surface area contributed by atoms with E-state index in [1.54, 1.807) is 6.08 Å². The molecule has 0 aromatic heterocycles. The van der Waals surface area contributed by atoms with Gasteiger partial charge < -0.3 is 21.1 Å². The van der Waals surface area contributed by atoms with Crippen LogP contribution in [0.25, 0.3) is 0 Å². The van der Waals surface area contributed by atoms with Crippen LogP contribution >= 0.6 is 7.82 Å². The van der Waals surface area contributed by atoms with E-state index in [1.807, 2.05) is 6.08 Å². The number of allylic oxidation sites excluding steroid dienone is 3. The van der Waals surface area contributed by atoms with Crippen molar-refractivity contribution in [2.45, 2.75) is 148 Å². The Hall–Kier alpha value is -1.02. The number of aliphatic hydroxyl groups excluding tert-OH is 1. The molecule has 8 nitrogen and oxygen atoms in total. The van der Waals surface area contributed by atoms with Crippen molar-refractivity contribution in [1.29, 1.82) is 0 Å². The molecule has 0 heterocycles. The second-order valence-corrected chi connectivity index (χ2v) is 12.1. The highest BCUT2D eigenvalue weighted by Gasteiger charge is 2.26. The van der Waals surface area contributed by atoms with E-state index in [0.29, 0.717) is 6.42 Å². The van der Waals surface area contributed by atoms with Crippen molar-refractivity contribution in [3.05, 3.63) is 24.3 Å². The third-order valence-corrected chi connectivity index (χ3v) is 7.74. The van der Waals surface area contributed by atoms with Gasteiger partial charge >= 0.3 is 7.82 Å². The summed E-state index contributed by atoms with van der Waals surface area (Å²) in [5.74, 6) is -0.210. The zero-order valence-corrected chi connectivity index (χ0v) is 26.5. The van der Waals surface area contributed by atoms with Crippen molar-refractivity contribution in [3.8, 4) is 0 Å². The molecule has 0 aliphatic rings. The van der Waals surface area contributed by atoms with E-state index in [4.69, 9.17) is 14.8 Å². The summed E-state index contributed by atoms with van der Waals surface area (Å²) in [5, 5.41) is 13.5. The highest BCUT2D eigenvalue weighted by molar-refractivity contribution is 7.47. The molecule has 0 rings (SSSR count). The quantitative estimate of drug-likeness (QED) is 0.0404. The van der Waals surface area contributed by atoms with Gasteiger partial charge in [-0.25, -0.2) is 4.57 Å². The first-order valence-corrected chi connectivity index (χ1v) is 17.5. The highest BCUT2D eigenvalue weighted by Crippen LogP contribution is 2.43. The zero-order valence-electron chi connectivity index (χ0n) is 25.6. The third-order valence-electron chi connectivity index (χ3n) is 6.75. The zero-order chi connectivity index (χ0) is 29.7. The maximum absolute atomic E-state index is 12.6. The topological polar surface area (TPSA) is 131 Å². The molecule has 0 aliphatic heterocycles. The third kappa shape index (κ3) is 25.9. The van der Waals surface area contributed by atoms with Gasteiger partial charge in [-0.2, -0.15) is 0 Å². The fourth-order valence-corrected chi connectivity index (χ4v) is 5.07. The van der Waals surface area contributed by atoms with Gasteiger partial charge in [-0.15, -0.1) is 0 Å². The maximum Gasteiger partial charge on any atom is 0.472 e. The summed E-state index contributed by atoms with van der Waals surface area (Å²) >= 11 is 0. The molecule has 0 fully saturated rings. The number of unbranched alkanes of at least 4 members (excludes halogenated alkanes) is 15. The standard InChI is InChI=1S/C31H61N2O6P/c1-3-5-7-9-11-13-15-16-18-20-22-24-30(34)29(28-39-40(36,37)38-27-26-32)33-31(35)25-23-21-19-17-14-12-10-8-6-4-2/h8,10,22,24,29-30,34H,3-7,9,11-21,23,25-28,32H2,1-2H3,(H,33,35)(H,36,37)/b10-8-,24-22+. The molecule has 0 saturated heterocycles. The summed E-state index contributed by atoms with van der Waals surface area (Å²) in [6, 6.07) is -0.858. The van der Waals surface area contributed by atoms with Crippen LogP contribution < -0.4 is 11.1 Å². The second kappa shape index (κ2) is 28.1. The van der Waals surface area contributed by atoms with Crippen LogP contribution in [0.1, 0.15) is 136 Å². The fourth-order valence-electron chi connectivity index (χ4n) is 4.31. The molecule has 0 aromatic carbocycles. The Bertz CT molecular complexity index is 689. The molecule has 5 N–H and O–H groups in total. The molecule has 3 unspecified atom stereocenters. The van der Waals surface area contributed by atoms with Crippen LogP contribution in [0.2, 0.25) is 0 Å². The average Bonchev–Trinajstić information content (AvgIpc) is 2.93. The second-order valence-electron chi connectivity index (χ2n) is 10.7. The Kier molecular flexibility index (Phi) is 27.4. The van der Waals surface area contributed by atoms with Gasteiger partial charge in [-0.05, 0) is 38.5 Å². The molecule has 236 valence electrons. The van der Waals surface area contributed by atoms with Gasteiger partial charge in [0.15, 0.2) is 0 Å². The molecule has 0 aromatic rings. The summed E-state index contributed by atoms with van der Waals surface area (Å²) < 4.78 is 21.9. The number of rotatable bonds is 29. The van der Waals surface area contributed by atoms with E-state index >= 15 is 0 Å². The van der Waals surface area contributed by atoms with Crippen molar-refractivity contribution in [3.63, 3.8) is 0 Å². The summed E-state index contributed by atoms with van der Waals surface area (Å²) in [6.07, 6.45) is 27.9. The largest absolute Gasteiger partial charge is 0.472 e. The number of phosphoric acid groups is 1. The lowest BCUT2D eigenvalue weighted by Gasteiger charge is -2.23. The molecule has 1 amide bonds. The van der Waals surface area contributed by atoms with Crippen LogP contribution in [-0.2, 0) is 18.4 Å². The van der Waals surface area contributed by atoms with Gasteiger partial charge in [0.2, 0.25) is 5.91 Å². The van der Waals surface area contributed by atoms with Gasteiger partial charge in [-0.1, -0.05) is 115 Å². The van der Waals surface area contributed by atoms with Crippen molar-refractivity contribution in [1.82, 2.24) is 5.32 Å². The lowest BCUT2D eigenvalue weighted by Crippen LogP contribution is -2.45. The normalized spacial score (nSPS) is 15.0. The van der Waals surface area contributed by atoms with E-state index < -0.39 is 20.0 Å². The van der Waals surface area contributed by atoms with Crippen molar-refractivity contribution in [2.75, 3.05) is 19.8 Å². The maximum atomic E-state index is 12.6. The number of phosphoric ester groups is 1. The lowest BCUT2D eigenvalue weighted by molar-refractivity contribution is -0.123. The molecule has 0 saturated carbocycles. The molecular weight excluding hydrogens is 527 g/mol. The van der Waals surface area contributed by atoms with Crippen LogP contribution in [0.5, 0.6) is 0 Å². The number of hydrogen-bond donors (Lipinski definition) is 4. The Labute approximate surface area is 245 Å². The number of carbonyl (C=O) groups excluding carboxylic acids is 1. The van der Waals surface area contributed by atoms with Crippen LogP contribution in [0, 0.1) is 0 Å². The number of nitrogens with two attached hydrogens (primary N) is 1. The van der Waals surface area contributed by atoms with Crippen molar-refractivity contribution < 1.29 is 28.4 Å². The van der Waals surface area contributed by atoms with Gasteiger partial charge in [-0.3, -0.25) is 13.8 Å². The average molecular weight is 589 g/mol. The SMILES string of the molecule is CCC/C=C\CCCCCCCC(=O)NC(COP(=O)(O)OCCN)C(O)/C=C/CCCCCCCCCCC. The molecule has 0 aliphatic carbocycles. The first-order chi connectivity index (χ1) is 19.4. The minimum absolute atomic E-state index is 0.0772. The van der Waals surface area contributed by atoms with Gasteiger partial charge in [0.1, 0.15) is 0 Å². The minimum Gasteiger partial charge on any atom is -0.387 e. The minimum atomic E-state index is -4.32. The first kappa shape index (κ1) is 39.0. The fraction of sp³-hybridized carbons (Fsp3) is 0.839. The summed E-state index contributed by atoms with van der Waals surface area (Å²) in [7, 11) is -4.32. The number of carbonyl (C=O) groups is 1.